The molecule has 138 valence electrons. The van der Waals surface area contributed by atoms with Gasteiger partial charge in [0.15, 0.2) is 11.6 Å². The highest BCUT2D eigenvalue weighted by atomic mass is 19.1. The Morgan fingerprint density at radius 2 is 1.96 bits per heavy atom. The van der Waals surface area contributed by atoms with Crippen LogP contribution in [0.25, 0.3) is 0 Å². The molecule has 1 saturated heterocycles. The van der Waals surface area contributed by atoms with Gasteiger partial charge in [0.25, 0.3) is 5.91 Å². The standard InChI is InChI=1S/C20H29FN2O2/c1-25-19-10-9-15(13-17(19)21)20(24)22-18-8-4-3-7-16(18)14-23-11-5-2-6-12-23/h9-10,13,16,18H,2-8,11-12,14H2,1H3,(H,22,24)/t16-,18?/m0/s1. The number of nitrogens with zero attached hydrogens (tertiary/aromatic N) is 1. The van der Waals surface area contributed by atoms with Gasteiger partial charge < -0.3 is 15.0 Å². The number of halogens is 1. The summed E-state index contributed by atoms with van der Waals surface area (Å²) in [7, 11) is 1.42. The van der Waals surface area contributed by atoms with Gasteiger partial charge in [-0.05, 0) is 62.9 Å². The number of carbonyl (C=O) groups excluding carboxylic acids is 1. The summed E-state index contributed by atoms with van der Waals surface area (Å²) in [5.41, 5.74) is 0.362. The van der Waals surface area contributed by atoms with Gasteiger partial charge in [-0.1, -0.05) is 19.3 Å². The molecule has 1 aliphatic heterocycles. The molecule has 2 fully saturated rings. The van der Waals surface area contributed by atoms with Gasteiger partial charge >= 0.3 is 0 Å². The zero-order chi connectivity index (χ0) is 17.6. The van der Waals surface area contributed by atoms with Crippen molar-refractivity contribution in [3.05, 3.63) is 29.6 Å². The summed E-state index contributed by atoms with van der Waals surface area (Å²) in [6, 6.07) is 4.58. The van der Waals surface area contributed by atoms with Crippen LogP contribution >= 0.6 is 0 Å². The van der Waals surface area contributed by atoms with Crippen LogP contribution in [0.2, 0.25) is 0 Å². The highest BCUT2D eigenvalue weighted by Crippen LogP contribution is 2.27. The number of amides is 1. The minimum atomic E-state index is -0.497. The van der Waals surface area contributed by atoms with Crippen molar-refractivity contribution in [2.45, 2.75) is 51.0 Å². The number of piperidine rings is 1. The second-order valence-corrected chi connectivity index (χ2v) is 7.34. The van der Waals surface area contributed by atoms with Gasteiger partial charge in [0.1, 0.15) is 0 Å². The van der Waals surface area contributed by atoms with Crippen LogP contribution in [0.1, 0.15) is 55.3 Å². The molecule has 1 aliphatic carbocycles. The molecule has 1 N–H and O–H groups in total. The van der Waals surface area contributed by atoms with E-state index in [2.05, 4.69) is 10.2 Å². The average molecular weight is 348 g/mol. The molecule has 0 radical (unpaired) electrons. The third-order valence-corrected chi connectivity index (χ3v) is 5.58. The topological polar surface area (TPSA) is 41.6 Å². The first-order valence-corrected chi connectivity index (χ1v) is 9.54. The molecule has 1 saturated carbocycles. The Morgan fingerprint density at radius 3 is 2.68 bits per heavy atom. The smallest absolute Gasteiger partial charge is 0.251 e. The number of carbonyl (C=O) groups is 1. The molecule has 2 aliphatic rings. The Morgan fingerprint density at radius 1 is 1.20 bits per heavy atom. The molecule has 1 heterocycles. The van der Waals surface area contributed by atoms with Crippen LogP contribution in [0.5, 0.6) is 5.75 Å². The molecular weight excluding hydrogens is 319 g/mol. The van der Waals surface area contributed by atoms with E-state index in [-0.39, 0.29) is 17.7 Å². The van der Waals surface area contributed by atoms with E-state index in [9.17, 15) is 9.18 Å². The van der Waals surface area contributed by atoms with Gasteiger partial charge in [0.2, 0.25) is 0 Å². The maximum Gasteiger partial charge on any atom is 0.251 e. The molecule has 4 nitrogen and oxygen atoms in total. The predicted octanol–water partition coefficient (Wildman–Crippen LogP) is 3.61. The molecule has 0 bridgehead atoms. The Labute approximate surface area is 149 Å². The molecule has 1 amide bonds. The number of methoxy groups -OCH3 is 1. The van der Waals surface area contributed by atoms with Crippen LogP contribution in [0.3, 0.4) is 0 Å². The molecule has 1 unspecified atom stereocenters. The highest BCUT2D eigenvalue weighted by Gasteiger charge is 2.29. The summed E-state index contributed by atoms with van der Waals surface area (Å²) in [6.45, 7) is 3.43. The van der Waals surface area contributed by atoms with Crippen LogP contribution in [0, 0.1) is 11.7 Å². The van der Waals surface area contributed by atoms with Crippen molar-refractivity contribution in [3.63, 3.8) is 0 Å². The number of hydrogen-bond donors (Lipinski definition) is 1. The number of nitrogens with one attached hydrogen (secondary N) is 1. The van der Waals surface area contributed by atoms with Gasteiger partial charge in [0.05, 0.1) is 7.11 Å². The quantitative estimate of drug-likeness (QED) is 0.884. The minimum Gasteiger partial charge on any atom is -0.494 e. The Balaban J connectivity index is 1.62. The lowest BCUT2D eigenvalue weighted by Crippen LogP contribution is -2.47. The first kappa shape index (κ1) is 18.2. The fourth-order valence-corrected chi connectivity index (χ4v) is 4.15. The van der Waals surface area contributed by atoms with Gasteiger partial charge in [-0.25, -0.2) is 4.39 Å². The third-order valence-electron chi connectivity index (χ3n) is 5.58. The van der Waals surface area contributed by atoms with E-state index in [4.69, 9.17) is 4.74 Å². The lowest BCUT2D eigenvalue weighted by molar-refractivity contribution is 0.0877. The maximum absolute atomic E-state index is 13.9. The Kier molecular flexibility index (Phi) is 6.29. The monoisotopic (exact) mass is 348 g/mol. The van der Waals surface area contributed by atoms with E-state index >= 15 is 0 Å². The number of ether oxygens (including phenoxy) is 1. The van der Waals surface area contributed by atoms with Crippen LogP contribution in [0.4, 0.5) is 4.39 Å². The zero-order valence-electron chi connectivity index (χ0n) is 15.1. The molecule has 25 heavy (non-hydrogen) atoms. The van der Waals surface area contributed by atoms with Crippen molar-refractivity contribution in [1.82, 2.24) is 10.2 Å². The molecule has 0 spiro atoms. The summed E-state index contributed by atoms with van der Waals surface area (Å²) >= 11 is 0. The molecule has 3 rings (SSSR count). The van der Waals surface area contributed by atoms with Gasteiger partial charge in [-0.2, -0.15) is 0 Å². The van der Waals surface area contributed by atoms with Crippen LogP contribution in [-0.2, 0) is 0 Å². The second kappa shape index (κ2) is 8.65. The van der Waals surface area contributed by atoms with Crippen LogP contribution in [0.15, 0.2) is 18.2 Å². The predicted molar refractivity (Wildman–Crippen MR) is 96.5 cm³/mol. The minimum absolute atomic E-state index is 0.164. The summed E-state index contributed by atoms with van der Waals surface area (Å²) in [6.07, 6.45) is 8.48. The number of likely N-dealkylation sites (tertiary alicyclic amines) is 1. The van der Waals surface area contributed by atoms with Crippen molar-refractivity contribution >= 4 is 5.91 Å². The highest BCUT2D eigenvalue weighted by molar-refractivity contribution is 5.94. The van der Waals surface area contributed by atoms with Crippen molar-refractivity contribution in [2.75, 3.05) is 26.7 Å². The van der Waals surface area contributed by atoms with Gasteiger partial charge in [-0.3, -0.25) is 4.79 Å². The van der Waals surface area contributed by atoms with Gasteiger partial charge in [-0.15, -0.1) is 0 Å². The van der Waals surface area contributed by atoms with Crippen molar-refractivity contribution in [1.29, 1.82) is 0 Å². The zero-order valence-corrected chi connectivity index (χ0v) is 15.1. The molecule has 0 aromatic heterocycles. The SMILES string of the molecule is COc1ccc(C(=O)NC2CCCC[C@H]2CN2CCCCC2)cc1F. The maximum atomic E-state index is 13.9. The van der Waals surface area contributed by atoms with Crippen molar-refractivity contribution in [3.8, 4) is 5.75 Å². The second-order valence-electron chi connectivity index (χ2n) is 7.34. The van der Waals surface area contributed by atoms with Crippen LogP contribution < -0.4 is 10.1 Å². The van der Waals surface area contributed by atoms with E-state index in [1.54, 1.807) is 6.07 Å². The van der Waals surface area contributed by atoms with E-state index in [0.29, 0.717) is 11.5 Å². The number of benzene rings is 1. The normalized spacial score (nSPS) is 24.7. The average Bonchev–Trinajstić information content (AvgIpc) is 2.64. The van der Waals surface area contributed by atoms with E-state index in [0.717, 1.165) is 19.4 Å². The van der Waals surface area contributed by atoms with E-state index in [1.807, 2.05) is 0 Å². The van der Waals surface area contributed by atoms with Gasteiger partial charge in [0, 0.05) is 18.2 Å². The first-order valence-electron chi connectivity index (χ1n) is 9.54. The van der Waals surface area contributed by atoms with E-state index < -0.39 is 5.82 Å². The third kappa shape index (κ3) is 4.72. The fraction of sp³-hybridized carbons (Fsp3) is 0.650. The summed E-state index contributed by atoms with van der Waals surface area (Å²) in [5.74, 6) is -0.0168. The number of rotatable bonds is 5. The fourth-order valence-electron chi connectivity index (χ4n) is 4.15. The summed E-state index contributed by atoms with van der Waals surface area (Å²) in [5, 5.41) is 3.17. The molecule has 1 aromatic carbocycles. The lowest BCUT2D eigenvalue weighted by atomic mass is 9.83. The van der Waals surface area contributed by atoms with Crippen molar-refractivity contribution < 1.29 is 13.9 Å². The number of hydrogen-bond acceptors (Lipinski definition) is 3. The molecule has 2 atom stereocenters. The lowest BCUT2D eigenvalue weighted by Gasteiger charge is -2.37. The molecule has 5 heteroatoms. The summed E-state index contributed by atoms with van der Waals surface area (Å²) < 4.78 is 18.8. The van der Waals surface area contributed by atoms with Crippen LogP contribution in [-0.4, -0.2) is 43.6 Å². The van der Waals surface area contributed by atoms with Crippen molar-refractivity contribution in [2.24, 2.45) is 5.92 Å². The Bertz CT molecular complexity index is 587. The van der Waals surface area contributed by atoms with E-state index in [1.165, 1.54) is 64.4 Å². The molecular formula is C20H29FN2O2. The largest absolute Gasteiger partial charge is 0.494 e. The summed E-state index contributed by atoms with van der Waals surface area (Å²) in [4.78, 5) is 15.1. The first-order chi connectivity index (χ1) is 12.2. The molecule has 1 aromatic rings. The Hall–Kier alpha value is -1.62.